The van der Waals surface area contributed by atoms with Crippen molar-refractivity contribution < 1.29 is 9.53 Å². The third-order valence-electron chi connectivity index (χ3n) is 6.37. The second-order valence-electron chi connectivity index (χ2n) is 9.39. The van der Waals surface area contributed by atoms with Gasteiger partial charge in [-0.05, 0) is 77.0 Å². The van der Waals surface area contributed by atoms with Crippen LogP contribution < -0.4 is 0 Å². The summed E-state index contributed by atoms with van der Waals surface area (Å²) in [5, 5.41) is 0. The van der Waals surface area contributed by atoms with Crippen LogP contribution in [-0.2, 0) is 15.6 Å². The number of hydrogen-bond acceptors (Lipinski definition) is 2. The van der Waals surface area contributed by atoms with Crippen molar-refractivity contribution in [3.8, 4) is 0 Å². The van der Waals surface area contributed by atoms with Crippen molar-refractivity contribution in [3.05, 3.63) is 70.3 Å². The molecule has 0 bridgehead atoms. The Kier molecular flexibility index (Phi) is 6.03. The molecular formula is C27H34O2. The lowest BCUT2D eigenvalue weighted by atomic mass is 9.63. The first-order valence-corrected chi connectivity index (χ1v) is 10.8. The molecule has 1 aliphatic carbocycles. The van der Waals surface area contributed by atoms with E-state index in [-0.39, 0.29) is 16.8 Å². The first kappa shape index (κ1) is 21.4. The number of fused-ring (bicyclic) bond motifs is 1. The molecule has 2 aromatic carbocycles. The predicted octanol–water partition coefficient (Wildman–Crippen LogP) is 7.16. The second-order valence-corrected chi connectivity index (χ2v) is 9.39. The lowest BCUT2D eigenvalue weighted by molar-refractivity contribution is 0.0526. The van der Waals surface area contributed by atoms with Crippen LogP contribution in [0.4, 0.5) is 0 Å². The number of rotatable bonds is 5. The maximum Gasteiger partial charge on any atom is 0.338 e. The summed E-state index contributed by atoms with van der Waals surface area (Å²) in [7, 11) is 0. The van der Waals surface area contributed by atoms with Gasteiger partial charge in [0.2, 0.25) is 0 Å². The lowest BCUT2D eigenvalue weighted by Gasteiger charge is -2.42. The predicted molar refractivity (Wildman–Crippen MR) is 122 cm³/mol. The summed E-state index contributed by atoms with van der Waals surface area (Å²) in [5.74, 6) is -0.265. The van der Waals surface area contributed by atoms with E-state index in [4.69, 9.17) is 4.74 Å². The van der Waals surface area contributed by atoms with Crippen LogP contribution in [0.2, 0.25) is 0 Å². The van der Waals surface area contributed by atoms with Crippen LogP contribution >= 0.6 is 0 Å². The van der Waals surface area contributed by atoms with E-state index in [1.54, 1.807) is 0 Å². The molecule has 0 heterocycles. The van der Waals surface area contributed by atoms with E-state index < -0.39 is 0 Å². The van der Waals surface area contributed by atoms with Crippen LogP contribution in [0.5, 0.6) is 0 Å². The van der Waals surface area contributed by atoms with Crippen LogP contribution in [0.3, 0.4) is 0 Å². The van der Waals surface area contributed by atoms with E-state index >= 15 is 0 Å². The minimum absolute atomic E-state index is 0.209. The molecule has 0 spiro atoms. The number of hydrogen-bond donors (Lipinski definition) is 0. The summed E-state index contributed by atoms with van der Waals surface area (Å²) < 4.78 is 5.07. The topological polar surface area (TPSA) is 26.3 Å². The molecular weight excluding hydrogens is 356 g/mol. The van der Waals surface area contributed by atoms with Gasteiger partial charge in [0.25, 0.3) is 0 Å². The Balaban J connectivity index is 1.95. The van der Waals surface area contributed by atoms with Crippen LogP contribution in [-0.4, -0.2) is 12.6 Å². The highest BCUT2D eigenvalue weighted by Crippen LogP contribution is 2.46. The zero-order valence-electron chi connectivity index (χ0n) is 18.8. The normalized spacial score (nSPS) is 17.5. The van der Waals surface area contributed by atoms with Crippen molar-refractivity contribution in [1.82, 2.24) is 0 Å². The summed E-state index contributed by atoms with van der Waals surface area (Å²) >= 11 is 0. The Morgan fingerprint density at radius 2 is 1.48 bits per heavy atom. The van der Waals surface area contributed by atoms with Gasteiger partial charge < -0.3 is 4.74 Å². The molecule has 2 nitrogen and oxygen atoms in total. The zero-order valence-corrected chi connectivity index (χ0v) is 18.8. The highest BCUT2D eigenvalue weighted by atomic mass is 16.5. The van der Waals surface area contributed by atoms with Crippen molar-refractivity contribution in [3.63, 3.8) is 0 Å². The summed E-state index contributed by atoms with van der Waals surface area (Å²) in [6.45, 7) is 13.9. The second kappa shape index (κ2) is 8.18. The van der Waals surface area contributed by atoms with Gasteiger partial charge in [-0.15, -0.1) is 0 Å². The van der Waals surface area contributed by atoms with E-state index in [9.17, 15) is 4.79 Å². The van der Waals surface area contributed by atoms with Gasteiger partial charge in [0, 0.05) is 0 Å². The zero-order chi connectivity index (χ0) is 21.2. The summed E-state index contributed by atoms with van der Waals surface area (Å²) in [5.41, 5.74) is 7.74. The number of benzene rings is 2. The molecule has 2 heteroatoms. The smallest absolute Gasteiger partial charge is 0.338 e. The first-order chi connectivity index (χ1) is 13.7. The van der Waals surface area contributed by atoms with E-state index in [0.717, 1.165) is 12.0 Å². The fraction of sp³-hybridized carbons (Fsp3) is 0.444. The van der Waals surface area contributed by atoms with E-state index in [1.165, 1.54) is 35.1 Å². The summed E-state index contributed by atoms with van der Waals surface area (Å²) in [6.07, 6.45) is 5.65. The molecule has 0 saturated heterocycles. The fourth-order valence-electron chi connectivity index (χ4n) is 4.31. The fourth-order valence-corrected chi connectivity index (χ4v) is 4.31. The molecule has 0 unspecified atom stereocenters. The van der Waals surface area contributed by atoms with Crippen molar-refractivity contribution in [1.29, 1.82) is 0 Å². The molecule has 154 valence electrons. The quantitative estimate of drug-likeness (QED) is 0.400. The third-order valence-corrected chi connectivity index (χ3v) is 6.37. The number of carbonyl (C=O) groups is 1. The standard InChI is InChI=1S/C27H34O2/c1-7-20(17-19-9-11-21(12-10-19)25(28)29-8-2)22-13-14-23-24(18-22)27(5,6)16-15-26(23,3)4/h9-14,17-18H,7-8,15-16H2,1-6H3/b20-17+. The number of allylic oxidation sites excluding steroid dienone is 1. The van der Waals surface area contributed by atoms with Gasteiger partial charge in [0.1, 0.15) is 0 Å². The number of esters is 1. The average molecular weight is 391 g/mol. The largest absolute Gasteiger partial charge is 0.462 e. The van der Waals surface area contributed by atoms with E-state index in [0.29, 0.717) is 12.2 Å². The van der Waals surface area contributed by atoms with Crippen LogP contribution in [0.1, 0.15) is 93.4 Å². The Morgan fingerprint density at radius 1 is 0.897 bits per heavy atom. The Labute approximate surface area is 176 Å². The van der Waals surface area contributed by atoms with Gasteiger partial charge in [0.15, 0.2) is 0 Å². The highest BCUT2D eigenvalue weighted by Gasteiger charge is 2.36. The average Bonchev–Trinajstić information content (AvgIpc) is 2.70. The Morgan fingerprint density at radius 3 is 2.07 bits per heavy atom. The SMILES string of the molecule is CCOC(=O)c1ccc(/C=C(\CC)c2ccc3c(c2)C(C)(C)CCC3(C)C)cc1. The maximum absolute atomic E-state index is 11.9. The summed E-state index contributed by atoms with van der Waals surface area (Å²) in [4.78, 5) is 11.9. The van der Waals surface area contributed by atoms with E-state index in [1.807, 2.05) is 31.2 Å². The number of carbonyl (C=O) groups excluding carboxylic acids is 1. The molecule has 2 aromatic rings. The molecule has 0 saturated carbocycles. The Bertz CT molecular complexity index is 914. The Hall–Kier alpha value is -2.35. The highest BCUT2D eigenvalue weighted by molar-refractivity contribution is 5.90. The third kappa shape index (κ3) is 4.47. The molecule has 29 heavy (non-hydrogen) atoms. The van der Waals surface area contributed by atoms with Crippen LogP contribution in [0.15, 0.2) is 42.5 Å². The van der Waals surface area contributed by atoms with Gasteiger partial charge in [-0.3, -0.25) is 0 Å². The molecule has 0 aromatic heterocycles. The molecule has 1 aliphatic rings. The minimum Gasteiger partial charge on any atom is -0.462 e. The van der Waals surface area contributed by atoms with Crippen molar-refractivity contribution in [2.45, 2.75) is 71.6 Å². The lowest BCUT2D eigenvalue weighted by Crippen LogP contribution is -2.33. The van der Waals surface area contributed by atoms with Crippen molar-refractivity contribution >= 4 is 17.6 Å². The van der Waals surface area contributed by atoms with Gasteiger partial charge >= 0.3 is 5.97 Å². The van der Waals surface area contributed by atoms with Gasteiger partial charge in [-0.1, -0.05) is 71.0 Å². The monoisotopic (exact) mass is 390 g/mol. The maximum atomic E-state index is 11.9. The van der Waals surface area contributed by atoms with Gasteiger partial charge in [-0.2, -0.15) is 0 Å². The first-order valence-electron chi connectivity index (χ1n) is 10.8. The minimum atomic E-state index is -0.265. The molecule has 0 radical (unpaired) electrons. The summed E-state index contributed by atoms with van der Waals surface area (Å²) in [6, 6.07) is 14.7. The van der Waals surface area contributed by atoms with E-state index in [2.05, 4.69) is 58.9 Å². The van der Waals surface area contributed by atoms with Crippen LogP contribution in [0, 0.1) is 0 Å². The van der Waals surface area contributed by atoms with Crippen molar-refractivity contribution in [2.75, 3.05) is 6.61 Å². The molecule has 0 aliphatic heterocycles. The van der Waals surface area contributed by atoms with Gasteiger partial charge in [-0.25, -0.2) is 4.79 Å². The molecule has 0 amide bonds. The van der Waals surface area contributed by atoms with Gasteiger partial charge in [0.05, 0.1) is 12.2 Å². The van der Waals surface area contributed by atoms with Crippen molar-refractivity contribution in [2.24, 2.45) is 0 Å². The molecule has 3 rings (SSSR count). The number of ether oxygens (including phenoxy) is 1. The van der Waals surface area contributed by atoms with Crippen LogP contribution in [0.25, 0.3) is 11.6 Å². The molecule has 0 atom stereocenters. The molecule has 0 N–H and O–H groups in total. The molecule has 0 fully saturated rings.